The molecule has 1 unspecified atom stereocenters. The number of hydrogen-bond donors (Lipinski definition) is 1. The number of aromatic nitrogens is 1. The van der Waals surface area contributed by atoms with Crippen molar-refractivity contribution in [3.63, 3.8) is 0 Å². The van der Waals surface area contributed by atoms with Gasteiger partial charge in [0.1, 0.15) is 22.2 Å². The van der Waals surface area contributed by atoms with E-state index < -0.39 is 5.60 Å². The Morgan fingerprint density at radius 2 is 2.03 bits per heavy atom. The largest absolute Gasteiger partial charge is 0.493 e. The zero-order valence-corrected chi connectivity index (χ0v) is 18.1. The molecule has 1 atom stereocenters. The van der Waals surface area contributed by atoms with Crippen molar-refractivity contribution in [2.75, 3.05) is 19.7 Å². The van der Waals surface area contributed by atoms with Crippen LogP contribution in [0.25, 0.3) is 0 Å². The van der Waals surface area contributed by atoms with Crippen LogP contribution in [0, 0.1) is 18.7 Å². The second-order valence-corrected chi connectivity index (χ2v) is 9.03. The molecule has 1 aliphatic heterocycles. The van der Waals surface area contributed by atoms with Crippen LogP contribution in [0.1, 0.15) is 48.7 Å². The van der Waals surface area contributed by atoms with Gasteiger partial charge in [-0.15, -0.1) is 11.3 Å². The maximum Gasteiger partial charge on any atom is 0.225 e. The number of carbonyl (C=O) groups is 1. The lowest BCUT2D eigenvalue weighted by atomic mass is 9.96. The normalized spacial score (nSPS) is 20.0. The van der Waals surface area contributed by atoms with Crippen LogP contribution >= 0.6 is 11.3 Å². The molecule has 1 fully saturated rings. The number of rotatable bonds is 6. The zero-order chi connectivity index (χ0) is 21.0. The molecule has 1 aromatic carbocycles. The molecule has 2 aromatic rings. The highest BCUT2D eigenvalue weighted by Crippen LogP contribution is 2.37. The fourth-order valence-corrected chi connectivity index (χ4v) is 4.76. The molecule has 0 spiro atoms. The van der Waals surface area contributed by atoms with Gasteiger partial charge in [0.15, 0.2) is 0 Å². The number of nitrogens with zero attached hydrogens (tertiary/aromatic N) is 2. The Kier molecular flexibility index (Phi) is 6.90. The van der Waals surface area contributed by atoms with Gasteiger partial charge in [0.05, 0.1) is 12.3 Å². The lowest BCUT2D eigenvalue weighted by Gasteiger charge is -2.25. The Labute approximate surface area is 175 Å². The summed E-state index contributed by atoms with van der Waals surface area (Å²) in [5.74, 6) is 0.455. The average Bonchev–Trinajstić information content (AvgIpc) is 2.94. The molecule has 1 saturated heterocycles. The highest BCUT2D eigenvalue weighted by Gasteiger charge is 2.36. The maximum atomic E-state index is 13.0. The summed E-state index contributed by atoms with van der Waals surface area (Å²) in [6, 6.07) is 5.97. The Morgan fingerprint density at radius 3 is 2.72 bits per heavy atom. The third kappa shape index (κ3) is 5.34. The van der Waals surface area contributed by atoms with Crippen LogP contribution in [0.3, 0.4) is 0 Å². The lowest BCUT2D eigenvalue weighted by Crippen LogP contribution is -2.36. The van der Waals surface area contributed by atoms with E-state index in [1.165, 1.54) is 23.5 Å². The van der Waals surface area contributed by atoms with Gasteiger partial charge in [-0.3, -0.25) is 4.79 Å². The van der Waals surface area contributed by atoms with Gasteiger partial charge in [0.2, 0.25) is 5.91 Å². The Bertz CT molecular complexity index is 837. The molecule has 2 heterocycles. The third-order valence-corrected chi connectivity index (χ3v) is 6.73. The van der Waals surface area contributed by atoms with E-state index in [4.69, 9.17) is 4.74 Å². The molecule has 3 rings (SSSR count). The van der Waals surface area contributed by atoms with Gasteiger partial charge in [0.25, 0.3) is 0 Å². The minimum Gasteiger partial charge on any atom is -0.493 e. The molecule has 7 heteroatoms. The number of carbonyl (C=O) groups excluding carboxylic acids is 1. The number of benzene rings is 1. The second-order valence-electron chi connectivity index (χ2n) is 7.95. The van der Waals surface area contributed by atoms with E-state index in [-0.39, 0.29) is 17.6 Å². The monoisotopic (exact) mass is 420 g/mol. The van der Waals surface area contributed by atoms with E-state index in [2.05, 4.69) is 4.98 Å². The van der Waals surface area contributed by atoms with Crippen LogP contribution < -0.4 is 4.74 Å². The summed E-state index contributed by atoms with van der Waals surface area (Å²) in [6.45, 7) is 7.45. The molecule has 0 saturated carbocycles. The Morgan fingerprint density at radius 1 is 1.31 bits per heavy atom. The van der Waals surface area contributed by atoms with Gasteiger partial charge in [-0.05, 0) is 44.0 Å². The second kappa shape index (κ2) is 9.22. The SMILES string of the molecule is Cc1nc(C2(O)CCCN(C(=O)C(C)C)CC2)sc1CCOc1ccc(F)cc1. The molecule has 5 nitrogen and oxygen atoms in total. The van der Waals surface area contributed by atoms with E-state index >= 15 is 0 Å². The summed E-state index contributed by atoms with van der Waals surface area (Å²) in [4.78, 5) is 19.9. The van der Waals surface area contributed by atoms with E-state index in [0.717, 1.165) is 22.0 Å². The summed E-state index contributed by atoms with van der Waals surface area (Å²) < 4.78 is 18.7. The maximum absolute atomic E-state index is 13.0. The first kappa shape index (κ1) is 21.7. The molecule has 158 valence electrons. The van der Waals surface area contributed by atoms with Gasteiger partial charge < -0.3 is 14.7 Å². The van der Waals surface area contributed by atoms with Crippen LogP contribution in [0.15, 0.2) is 24.3 Å². The standard InChI is InChI=1S/C22H29FN2O3S/c1-15(2)20(26)25-12-4-10-22(27,11-13-25)21-24-16(3)19(29-21)9-14-28-18-7-5-17(23)6-8-18/h5-8,15,27H,4,9-14H2,1-3H3. The van der Waals surface area contributed by atoms with Gasteiger partial charge in [0, 0.05) is 36.7 Å². The number of ether oxygens (including phenoxy) is 1. The van der Waals surface area contributed by atoms with Crippen LogP contribution in [-0.4, -0.2) is 40.6 Å². The minimum atomic E-state index is -0.989. The number of likely N-dealkylation sites (tertiary alicyclic amines) is 1. The first-order chi connectivity index (χ1) is 13.8. The molecule has 1 N–H and O–H groups in total. The molecule has 29 heavy (non-hydrogen) atoms. The zero-order valence-electron chi connectivity index (χ0n) is 17.3. The van der Waals surface area contributed by atoms with Crippen molar-refractivity contribution in [2.45, 2.75) is 52.1 Å². The number of thiazole rings is 1. The number of aliphatic hydroxyl groups is 1. The van der Waals surface area contributed by atoms with Crippen molar-refractivity contribution in [1.82, 2.24) is 9.88 Å². The molecule has 1 amide bonds. The number of amides is 1. The van der Waals surface area contributed by atoms with Gasteiger partial charge in [-0.1, -0.05) is 13.8 Å². The average molecular weight is 421 g/mol. The van der Waals surface area contributed by atoms with E-state index in [1.54, 1.807) is 12.1 Å². The molecule has 0 aliphatic carbocycles. The summed E-state index contributed by atoms with van der Waals surface area (Å²) in [5, 5.41) is 12.0. The summed E-state index contributed by atoms with van der Waals surface area (Å²) >= 11 is 1.52. The Balaban J connectivity index is 1.62. The highest BCUT2D eigenvalue weighted by atomic mass is 32.1. The Hall–Kier alpha value is -1.99. The first-order valence-corrected chi connectivity index (χ1v) is 11.0. The van der Waals surface area contributed by atoms with Crippen LogP contribution in [-0.2, 0) is 16.8 Å². The highest BCUT2D eigenvalue weighted by molar-refractivity contribution is 7.11. The van der Waals surface area contributed by atoms with Crippen LogP contribution in [0.5, 0.6) is 5.75 Å². The molecular formula is C22H29FN2O3S. The van der Waals surface area contributed by atoms with Crippen LogP contribution in [0.2, 0.25) is 0 Å². The van der Waals surface area contributed by atoms with Gasteiger partial charge in [-0.25, -0.2) is 9.37 Å². The summed E-state index contributed by atoms with van der Waals surface area (Å²) in [5.41, 5.74) is -0.0854. The van der Waals surface area contributed by atoms with Crippen molar-refractivity contribution in [3.8, 4) is 5.75 Å². The lowest BCUT2D eigenvalue weighted by molar-refractivity contribution is -0.134. The van der Waals surface area contributed by atoms with E-state index in [9.17, 15) is 14.3 Å². The third-order valence-electron chi connectivity index (χ3n) is 5.32. The van der Waals surface area contributed by atoms with E-state index in [0.29, 0.717) is 44.7 Å². The quantitative estimate of drug-likeness (QED) is 0.765. The van der Waals surface area contributed by atoms with E-state index in [1.807, 2.05) is 25.7 Å². The molecular weight excluding hydrogens is 391 g/mol. The minimum absolute atomic E-state index is 0.0315. The van der Waals surface area contributed by atoms with Crippen molar-refractivity contribution >= 4 is 17.2 Å². The molecule has 1 aliphatic rings. The predicted octanol–water partition coefficient (Wildman–Crippen LogP) is 4.07. The summed E-state index contributed by atoms with van der Waals surface area (Å²) in [7, 11) is 0. The number of aryl methyl sites for hydroxylation is 1. The molecule has 0 radical (unpaired) electrons. The van der Waals surface area contributed by atoms with Crippen molar-refractivity contribution in [3.05, 3.63) is 45.7 Å². The van der Waals surface area contributed by atoms with Crippen molar-refractivity contribution < 1.29 is 19.0 Å². The topological polar surface area (TPSA) is 62.7 Å². The van der Waals surface area contributed by atoms with Crippen LogP contribution in [0.4, 0.5) is 4.39 Å². The fraction of sp³-hybridized carbons (Fsp3) is 0.545. The van der Waals surface area contributed by atoms with Crippen molar-refractivity contribution in [1.29, 1.82) is 0 Å². The van der Waals surface area contributed by atoms with Gasteiger partial charge >= 0.3 is 0 Å². The number of halogens is 1. The number of hydrogen-bond acceptors (Lipinski definition) is 5. The summed E-state index contributed by atoms with van der Waals surface area (Å²) in [6.07, 6.45) is 2.54. The smallest absolute Gasteiger partial charge is 0.225 e. The fourth-order valence-electron chi connectivity index (χ4n) is 3.57. The molecule has 1 aromatic heterocycles. The predicted molar refractivity (Wildman–Crippen MR) is 112 cm³/mol. The molecule has 0 bridgehead atoms. The van der Waals surface area contributed by atoms with Crippen molar-refractivity contribution in [2.24, 2.45) is 5.92 Å². The first-order valence-electron chi connectivity index (χ1n) is 10.1. The van der Waals surface area contributed by atoms with Gasteiger partial charge in [-0.2, -0.15) is 0 Å².